The second kappa shape index (κ2) is 5.84. The standard InChI is InChI=1S/C12H15BF3O2/c1-4-10-5-6-11(12(7-10)17-3)18-8-9(2)13(14,15)16/h5-7H,2,4,8H2,1,3H3/q-1. The van der Waals surface area contributed by atoms with Crippen LogP contribution in [0.25, 0.3) is 0 Å². The molecule has 0 aliphatic carbocycles. The third-order valence-corrected chi connectivity index (χ3v) is 2.51. The number of hydrogen-bond acceptors (Lipinski definition) is 2. The van der Waals surface area contributed by atoms with Crippen LogP contribution in [0.4, 0.5) is 12.9 Å². The highest BCUT2D eigenvalue weighted by Gasteiger charge is 2.27. The van der Waals surface area contributed by atoms with Crippen LogP contribution >= 0.6 is 0 Å². The molecule has 0 unspecified atom stereocenters. The highest BCUT2D eigenvalue weighted by molar-refractivity contribution is 6.66. The van der Waals surface area contributed by atoms with E-state index in [0.29, 0.717) is 5.75 Å². The summed E-state index contributed by atoms with van der Waals surface area (Å²) < 4.78 is 47.1. The van der Waals surface area contributed by atoms with Crippen molar-refractivity contribution in [2.24, 2.45) is 0 Å². The number of rotatable bonds is 6. The van der Waals surface area contributed by atoms with Crippen molar-refractivity contribution in [2.75, 3.05) is 13.7 Å². The molecule has 0 atom stereocenters. The molecule has 0 amide bonds. The Morgan fingerprint density at radius 2 is 1.94 bits per heavy atom. The fourth-order valence-corrected chi connectivity index (χ4v) is 1.32. The average Bonchev–Trinajstić information content (AvgIpc) is 2.34. The molecule has 100 valence electrons. The first-order valence-electron chi connectivity index (χ1n) is 5.55. The summed E-state index contributed by atoms with van der Waals surface area (Å²) in [4.78, 5) is 0. The van der Waals surface area contributed by atoms with Crippen molar-refractivity contribution in [3.05, 3.63) is 35.8 Å². The van der Waals surface area contributed by atoms with Crippen LogP contribution in [0.1, 0.15) is 12.5 Å². The number of ether oxygens (including phenoxy) is 2. The number of hydrogen-bond donors (Lipinski definition) is 0. The summed E-state index contributed by atoms with van der Waals surface area (Å²) in [7, 11) is 1.45. The molecule has 6 heteroatoms. The van der Waals surface area contributed by atoms with Gasteiger partial charge in [0.1, 0.15) is 0 Å². The number of halogens is 3. The molecule has 0 saturated heterocycles. The third-order valence-electron chi connectivity index (χ3n) is 2.51. The van der Waals surface area contributed by atoms with Gasteiger partial charge in [0.25, 0.3) is 0 Å². The van der Waals surface area contributed by atoms with Crippen molar-refractivity contribution in [3.63, 3.8) is 0 Å². The lowest BCUT2D eigenvalue weighted by atomic mass is 9.81. The molecular weight excluding hydrogens is 244 g/mol. The zero-order chi connectivity index (χ0) is 13.8. The smallest absolute Gasteiger partial charge is 0.493 e. The van der Waals surface area contributed by atoms with Crippen LogP contribution in [0.3, 0.4) is 0 Å². The lowest BCUT2D eigenvalue weighted by Crippen LogP contribution is -2.23. The Balaban J connectivity index is 2.76. The maximum absolute atomic E-state index is 12.3. The molecule has 0 heterocycles. The summed E-state index contributed by atoms with van der Waals surface area (Å²) in [5.41, 5.74) is 0.162. The second-order valence-corrected chi connectivity index (χ2v) is 3.86. The number of methoxy groups -OCH3 is 1. The van der Waals surface area contributed by atoms with Crippen LogP contribution in [-0.2, 0) is 6.42 Å². The normalized spacial score (nSPS) is 11.2. The van der Waals surface area contributed by atoms with Gasteiger partial charge in [-0.2, -0.15) is 0 Å². The van der Waals surface area contributed by atoms with Gasteiger partial charge in [-0.3, -0.25) is 0 Å². The lowest BCUT2D eigenvalue weighted by molar-refractivity contribution is 0.317. The molecule has 18 heavy (non-hydrogen) atoms. The lowest BCUT2D eigenvalue weighted by Gasteiger charge is -2.19. The molecule has 1 rings (SSSR count). The Hall–Kier alpha value is -1.59. The quantitative estimate of drug-likeness (QED) is 0.727. The van der Waals surface area contributed by atoms with Gasteiger partial charge in [0.15, 0.2) is 11.5 Å². The van der Waals surface area contributed by atoms with E-state index in [-0.39, 0.29) is 5.75 Å². The summed E-state index contributed by atoms with van der Waals surface area (Å²) >= 11 is 0. The van der Waals surface area contributed by atoms with Gasteiger partial charge in [-0.15, -0.1) is 12.1 Å². The van der Waals surface area contributed by atoms with Crippen molar-refractivity contribution in [1.82, 2.24) is 0 Å². The van der Waals surface area contributed by atoms with E-state index >= 15 is 0 Å². The Labute approximate surface area is 104 Å². The van der Waals surface area contributed by atoms with Gasteiger partial charge < -0.3 is 22.4 Å². The van der Waals surface area contributed by atoms with Crippen molar-refractivity contribution in [3.8, 4) is 11.5 Å². The van der Waals surface area contributed by atoms with E-state index in [1.807, 2.05) is 6.92 Å². The van der Waals surface area contributed by atoms with Gasteiger partial charge in [0.2, 0.25) is 0 Å². The van der Waals surface area contributed by atoms with Crippen LogP contribution in [0.5, 0.6) is 11.5 Å². The molecule has 0 fully saturated rings. The Morgan fingerprint density at radius 3 is 2.44 bits per heavy atom. The average molecular weight is 259 g/mol. The van der Waals surface area contributed by atoms with Gasteiger partial charge in [0, 0.05) is 0 Å². The van der Waals surface area contributed by atoms with E-state index in [0.717, 1.165) is 12.0 Å². The minimum absolute atomic E-state index is 0.288. The highest BCUT2D eigenvalue weighted by Crippen LogP contribution is 2.29. The second-order valence-electron chi connectivity index (χ2n) is 3.86. The van der Waals surface area contributed by atoms with E-state index < -0.39 is 19.1 Å². The predicted molar refractivity (Wildman–Crippen MR) is 66.1 cm³/mol. The minimum Gasteiger partial charge on any atom is -0.493 e. The molecule has 0 aliphatic heterocycles. The molecular formula is C12H15BF3O2-. The van der Waals surface area contributed by atoms with E-state index in [2.05, 4.69) is 6.58 Å². The zero-order valence-corrected chi connectivity index (χ0v) is 10.4. The first-order valence-corrected chi connectivity index (χ1v) is 5.55. The van der Waals surface area contributed by atoms with Crippen LogP contribution in [0.15, 0.2) is 30.3 Å². The molecule has 0 bridgehead atoms. The van der Waals surface area contributed by atoms with Gasteiger partial charge in [0.05, 0.1) is 13.7 Å². The first-order chi connectivity index (χ1) is 8.38. The van der Waals surface area contributed by atoms with Crippen molar-refractivity contribution < 1.29 is 22.4 Å². The molecule has 0 radical (unpaired) electrons. The molecule has 2 nitrogen and oxygen atoms in total. The highest BCUT2D eigenvalue weighted by atomic mass is 19.4. The summed E-state index contributed by atoms with van der Waals surface area (Å²) in [6.07, 6.45) is 0.814. The molecule has 0 saturated carbocycles. The molecule has 0 spiro atoms. The van der Waals surface area contributed by atoms with Crippen molar-refractivity contribution in [2.45, 2.75) is 13.3 Å². The molecule has 0 aliphatic rings. The topological polar surface area (TPSA) is 18.5 Å². The minimum atomic E-state index is -5.06. The zero-order valence-electron chi connectivity index (χ0n) is 10.4. The monoisotopic (exact) mass is 259 g/mol. The van der Waals surface area contributed by atoms with Crippen LogP contribution in [-0.4, -0.2) is 20.7 Å². The number of aryl methyl sites for hydroxylation is 1. The molecule has 0 aromatic heterocycles. The Morgan fingerprint density at radius 1 is 1.28 bits per heavy atom. The largest absolute Gasteiger partial charge is 0.508 e. The van der Waals surface area contributed by atoms with Crippen LogP contribution in [0.2, 0.25) is 0 Å². The number of benzene rings is 1. The molecule has 1 aromatic rings. The van der Waals surface area contributed by atoms with Crippen molar-refractivity contribution >= 4 is 6.98 Å². The van der Waals surface area contributed by atoms with Crippen molar-refractivity contribution in [1.29, 1.82) is 0 Å². The summed E-state index contributed by atoms with van der Waals surface area (Å²) in [6, 6.07) is 5.14. The van der Waals surface area contributed by atoms with Crippen LogP contribution < -0.4 is 9.47 Å². The van der Waals surface area contributed by atoms with E-state index in [9.17, 15) is 12.9 Å². The third kappa shape index (κ3) is 3.72. The predicted octanol–water partition coefficient (Wildman–Crippen LogP) is 3.58. The van der Waals surface area contributed by atoms with Gasteiger partial charge >= 0.3 is 6.98 Å². The SMILES string of the molecule is C=C(COc1ccc(CC)cc1OC)[B-](F)(F)F. The van der Waals surface area contributed by atoms with E-state index in [1.54, 1.807) is 18.2 Å². The summed E-state index contributed by atoms with van der Waals surface area (Å²) in [6.45, 7) is -0.693. The van der Waals surface area contributed by atoms with E-state index in [4.69, 9.17) is 9.47 Å². The van der Waals surface area contributed by atoms with Gasteiger partial charge in [-0.1, -0.05) is 13.0 Å². The Kier molecular flexibility index (Phi) is 4.70. The van der Waals surface area contributed by atoms with Gasteiger partial charge in [-0.05, 0) is 24.1 Å². The molecule has 0 N–H and O–H groups in total. The van der Waals surface area contributed by atoms with E-state index in [1.165, 1.54) is 7.11 Å². The Bertz CT molecular complexity index is 430. The van der Waals surface area contributed by atoms with Gasteiger partial charge in [-0.25, -0.2) is 0 Å². The maximum atomic E-state index is 12.3. The molecule has 1 aromatic carbocycles. The van der Waals surface area contributed by atoms with Crippen LogP contribution in [0, 0.1) is 0 Å². The fourth-order valence-electron chi connectivity index (χ4n) is 1.32. The summed E-state index contributed by atoms with van der Waals surface area (Å²) in [5.74, 6) is 0.715. The fraction of sp³-hybridized carbons (Fsp3) is 0.333. The summed E-state index contributed by atoms with van der Waals surface area (Å²) in [5, 5.41) is 0. The first kappa shape index (κ1) is 14.5. The maximum Gasteiger partial charge on any atom is 0.508 e.